The second-order valence-electron chi connectivity index (χ2n) is 2.48. The molecule has 0 bridgehead atoms. The van der Waals surface area contributed by atoms with Crippen molar-refractivity contribution in [3.8, 4) is 0 Å². The molecule has 0 radical (unpaired) electrons. The van der Waals surface area contributed by atoms with Gasteiger partial charge in [0.05, 0.1) is 25.2 Å². The van der Waals surface area contributed by atoms with Gasteiger partial charge in [0.15, 0.2) is 0 Å². The van der Waals surface area contributed by atoms with Gasteiger partial charge in [0.2, 0.25) is 0 Å². The number of nitrogens with one attached hydrogen (secondary N) is 2. The number of amides is 1. The van der Waals surface area contributed by atoms with E-state index in [9.17, 15) is 9.59 Å². The highest BCUT2D eigenvalue weighted by atomic mass is 16.5. The van der Waals surface area contributed by atoms with Crippen molar-refractivity contribution in [3.63, 3.8) is 0 Å². The number of aromatic nitrogens is 2. The van der Waals surface area contributed by atoms with Crippen LogP contribution in [0, 0.1) is 0 Å². The second-order valence-corrected chi connectivity index (χ2v) is 2.48. The summed E-state index contributed by atoms with van der Waals surface area (Å²) in [6.07, 6.45) is 3.05. The number of hydrogen-bond donors (Lipinski definition) is 2. The van der Waals surface area contributed by atoms with Crippen LogP contribution in [0.25, 0.3) is 0 Å². The minimum absolute atomic E-state index is 0.191. The van der Waals surface area contributed by atoms with E-state index < -0.39 is 11.9 Å². The predicted octanol–water partition coefficient (Wildman–Crippen LogP) is -0.411. The Balaban J connectivity index is 2.31. The first-order valence-electron chi connectivity index (χ1n) is 4.16. The zero-order chi connectivity index (χ0) is 10.4. The summed E-state index contributed by atoms with van der Waals surface area (Å²) >= 11 is 0. The van der Waals surface area contributed by atoms with Crippen LogP contribution in [-0.4, -0.2) is 28.5 Å². The summed E-state index contributed by atoms with van der Waals surface area (Å²) in [5.41, 5.74) is 0.725. The van der Waals surface area contributed by atoms with E-state index in [1.54, 1.807) is 13.1 Å². The minimum atomic E-state index is -0.869. The highest BCUT2D eigenvalue weighted by Gasteiger charge is 2.13. The fraction of sp³-hybridized carbons (Fsp3) is 0.375. The summed E-state index contributed by atoms with van der Waals surface area (Å²) < 4.78 is 4.50. The van der Waals surface area contributed by atoms with Crippen LogP contribution in [0.4, 0.5) is 0 Å². The summed E-state index contributed by atoms with van der Waals surface area (Å²) in [7, 11) is 0. The van der Waals surface area contributed by atoms with Gasteiger partial charge in [-0.05, 0) is 6.92 Å². The molecule has 0 saturated heterocycles. The Morgan fingerprint density at radius 3 is 3.00 bits per heavy atom. The molecule has 0 atom stereocenters. The SMILES string of the molecule is CCOC(=O)C(=O)NCc1cnc[nH]1. The van der Waals surface area contributed by atoms with Crippen molar-refractivity contribution in [2.75, 3.05) is 6.61 Å². The van der Waals surface area contributed by atoms with Gasteiger partial charge in [0.1, 0.15) is 0 Å². The van der Waals surface area contributed by atoms with Gasteiger partial charge in [-0.25, -0.2) is 9.78 Å². The lowest BCUT2D eigenvalue weighted by atomic mass is 10.4. The Labute approximate surface area is 80.7 Å². The summed E-state index contributed by atoms with van der Waals surface area (Å²) in [5, 5.41) is 2.38. The number of esters is 1. The van der Waals surface area contributed by atoms with Gasteiger partial charge >= 0.3 is 11.9 Å². The summed E-state index contributed by atoms with van der Waals surface area (Å²) in [4.78, 5) is 28.4. The molecule has 0 saturated carbocycles. The molecule has 0 spiro atoms. The Hall–Kier alpha value is -1.85. The van der Waals surface area contributed by atoms with Crippen LogP contribution in [-0.2, 0) is 20.9 Å². The molecule has 6 heteroatoms. The Kier molecular flexibility index (Phi) is 3.66. The highest BCUT2D eigenvalue weighted by molar-refractivity contribution is 6.32. The number of rotatable bonds is 3. The fourth-order valence-corrected chi connectivity index (χ4v) is 0.826. The van der Waals surface area contributed by atoms with Crippen molar-refractivity contribution in [2.45, 2.75) is 13.5 Å². The molecule has 0 aromatic carbocycles. The number of hydrogen-bond acceptors (Lipinski definition) is 4. The van der Waals surface area contributed by atoms with Crippen LogP contribution in [0.3, 0.4) is 0 Å². The van der Waals surface area contributed by atoms with Crippen LogP contribution in [0.15, 0.2) is 12.5 Å². The van der Waals surface area contributed by atoms with Crippen molar-refractivity contribution in [3.05, 3.63) is 18.2 Å². The van der Waals surface area contributed by atoms with Crippen LogP contribution < -0.4 is 5.32 Å². The molecule has 76 valence electrons. The van der Waals surface area contributed by atoms with Gasteiger partial charge in [-0.3, -0.25) is 4.79 Å². The van der Waals surface area contributed by atoms with Crippen LogP contribution in [0.2, 0.25) is 0 Å². The third kappa shape index (κ3) is 2.89. The first kappa shape index (κ1) is 10.2. The quantitative estimate of drug-likeness (QED) is 0.509. The smallest absolute Gasteiger partial charge is 0.396 e. The first-order chi connectivity index (χ1) is 6.74. The van der Waals surface area contributed by atoms with E-state index in [1.807, 2.05) is 0 Å². The summed E-state index contributed by atoms with van der Waals surface area (Å²) in [6.45, 7) is 2.06. The maximum atomic E-state index is 11.0. The number of H-pyrrole nitrogens is 1. The third-order valence-corrected chi connectivity index (χ3v) is 1.46. The van der Waals surface area contributed by atoms with Gasteiger partial charge in [-0.2, -0.15) is 0 Å². The van der Waals surface area contributed by atoms with Gasteiger partial charge in [0.25, 0.3) is 0 Å². The van der Waals surface area contributed by atoms with E-state index >= 15 is 0 Å². The fourth-order valence-electron chi connectivity index (χ4n) is 0.826. The van der Waals surface area contributed by atoms with E-state index in [1.165, 1.54) is 6.33 Å². The molecular formula is C8H11N3O3. The van der Waals surface area contributed by atoms with Crippen molar-refractivity contribution >= 4 is 11.9 Å². The molecule has 0 unspecified atom stereocenters. The average molecular weight is 197 g/mol. The van der Waals surface area contributed by atoms with Crippen LogP contribution in [0.5, 0.6) is 0 Å². The van der Waals surface area contributed by atoms with Gasteiger partial charge < -0.3 is 15.0 Å². The zero-order valence-electron chi connectivity index (χ0n) is 7.74. The molecule has 2 N–H and O–H groups in total. The zero-order valence-corrected chi connectivity index (χ0v) is 7.74. The van der Waals surface area contributed by atoms with E-state index in [-0.39, 0.29) is 13.2 Å². The normalized spacial score (nSPS) is 9.50. The maximum absolute atomic E-state index is 11.0. The molecule has 0 aliphatic rings. The molecule has 14 heavy (non-hydrogen) atoms. The predicted molar refractivity (Wildman–Crippen MR) is 47.1 cm³/mol. The number of ether oxygens (including phenoxy) is 1. The maximum Gasteiger partial charge on any atom is 0.396 e. The molecular weight excluding hydrogens is 186 g/mol. The Morgan fingerprint density at radius 1 is 1.64 bits per heavy atom. The molecule has 0 aliphatic carbocycles. The average Bonchev–Trinajstić information content (AvgIpc) is 2.67. The lowest BCUT2D eigenvalue weighted by Crippen LogP contribution is -2.32. The highest BCUT2D eigenvalue weighted by Crippen LogP contribution is 1.89. The number of nitrogens with zero attached hydrogens (tertiary/aromatic N) is 1. The lowest BCUT2D eigenvalue weighted by Gasteiger charge is -2.02. The van der Waals surface area contributed by atoms with Gasteiger partial charge in [-0.15, -0.1) is 0 Å². The molecule has 1 aromatic heterocycles. The van der Waals surface area contributed by atoms with Crippen LogP contribution in [0.1, 0.15) is 12.6 Å². The molecule has 1 aromatic rings. The first-order valence-corrected chi connectivity index (χ1v) is 4.16. The van der Waals surface area contributed by atoms with Gasteiger partial charge in [-0.1, -0.05) is 0 Å². The van der Waals surface area contributed by atoms with Gasteiger partial charge in [0, 0.05) is 6.20 Å². The standard InChI is InChI=1S/C8H11N3O3/c1-2-14-8(13)7(12)10-4-6-3-9-5-11-6/h3,5H,2,4H2,1H3,(H,9,11)(H,10,12). The topological polar surface area (TPSA) is 84.1 Å². The van der Waals surface area contributed by atoms with E-state index in [4.69, 9.17) is 0 Å². The summed E-state index contributed by atoms with van der Waals surface area (Å²) in [5.74, 6) is -1.62. The van der Waals surface area contributed by atoms with Crippen molar-refractivity contribution in [1.29, 1.82) is 0 Å². The Morgan fingerprint density at radius 2 is 2.43 bits per heavy atom. The molecule has 1 rings (SSSR count). The third-order valence-electron chi connectivity index (χ3n) is 1.46. The largest absolute Gasteiger partial charge is 0.459 e. The van der Waals surface area contributed by atoms with E-state index in [0.29, 0.717) is 0 Å². The Bertz CT molecular complexity index is 308. The molecule has 1 amide bonds. The molecule has 0 aliphatic heterocycles. The number of aromatic amines is 1. The van der Waals surface area contributed by atoms with Crippen molar-refractivity contribution in [2.24, 2.45) is 0 Å². The minimum Gasteiger partial charge on any atom is -0.459 e. The van der Waals surface area contributed by atoms with Crippen molar-refractivity contribution < 1.29 is 14.3 Å². The van der Waals surface area contributed by atoms with Crippen LogP contribution >= 0.6 is 0 Å². The lowest BCUT2D eigenvalue weighted by molar-refractivity contribution is -0.154. The molecule has 1 heterocycles. The second kappa shape index (κ2) is 5.00. The molecule has 0 fully saturated rings. The number of carbonyl (C=O) groups excluding carboxylic acids is 2. The summed E-state index contributed by atoms with van der Waals surface area (Å²) in [6, 6.07) is 0. The van der Waals surface area contributed by atoms with Crippen molar-refractivity contribution in [1.82, 2.24) is 15.3 Å². The monoisotopic (exact) mass is 197 g/mol. The number of imidazole rings is 1. The van der Waals surface area contributed by atoms with E-state index in [2.05, 4.69) is 20.0 Å². The number of carbonyl (C=O) groups is 2. The van der Waals surface area contributed by atoms with E-state index in [0.717, 1.165) is 5.69 Å². The molecule has 6 nitrogen and oxygen atoms in total.